The summed E-state index contributed by atoms with van der Waals surface area (Å²) < 4.78 is 0. The number of hydrogen-bond acceptors (Lipinski definition) is 2. The van der Waals surface area contributed by atoms with E-state index in [1.807, 2.05) is 0 Å². The third-order valence-electron chi connectivity index (χ3n) is 3.51. The van der Waals surface area contributed by atoms with Crippen molar-refractivity contribution in [2.24, 2.45) is 9.98 Å². The van der Waals surface area contributed by atoms with Crippen LogP contribution < -0.4 is 0 Å². The van der Waals surface area contributed by atoms with Gasteiger partial charge in [-0.1, -0.05) is 59.7 Å². The van der Waals surface area contributed by atoms with Crippen molar-refractivity contribution in [1.82, 2.24) is 0 Å². The minimum Gasteiger partial charge on any atom is -0.281 e. The Bertz CT molecular complexity index is 600. The second kappa shape index (κ2) is 5.41. The van der Waals surface area contributed by atoms with Crippen LogP contribution in [-0.4, -0.2) is 24.5 Å². The summed E-state index contributed by atoms with van der Waals surface area (Å²) in [5.74, 6) is 0. The Morgan fingerprint density at radius 2 is 0.950 bits per heavy atom. The molecule has 100 valence electrons. The van der Waals surface area contributed by atoms with Crippen molar-refractivity contribution in [3.8, 4) is 0 Å². The number of aliphatic imine (C=N–C) groups is 2. The van der Waals surface area contributed by atoms with Gasteiger partial charge in [-0.3, -0.25) is 9.98 Å². The second-order valence-corrected chi connectivity index (χ2v) is 5.19. The lowest BCUT2D eigenvalue weighted by molar-refractivity contribution is 0.964. The highest BCUT2D eigenvalue weighted by molar-refractivity contribution is 6.53. The van der Waals surface area contributed by atoms with E-state index in [9.17, 15) is 0 Å². The van der Waals surface area contributed by atoms with Crippen LogP contribution in [0.2, 0.25) is 0 Å². The van der Waals surface area contributed by atoms with E-state index in [2.05, 4.69) is 62.4 Å². The van der Waals surface area contributed by atoms with Gasteiger partial charge < -0.3 is 0 Å². The van der Waals surface area contributed by atoms with Gasteiger partial charge in [-0.15, -0.1) is 0 Å². The first kappa shape index (κ1) is 12.8. The minimum absolute atomic E-state index is 0.776. The van der Waals surface area contributed by atoms with Crippen LogP contribution in [0, 0.1) is 13.8 Å². The smallest absolute Gasteiger partial charge is 0.0905 e. The standard InChI is InChI=1S/C18H18N2/c1-13-3-7-15(8-4-13)17-18(20-12-11-19-17)16-9-5-14(2)6-10-16/h3-10H,11-12H2,1-2H3. The summed E-state index contributed by atoms with van der Waals surface area (Å²) in [6, 6.07) is 17.0. The average Bonchev–Trinajstić information content (AvgIpc) is 2.49. The third kappa shape index (κ3) is 2.55. The molecule has 0 radical (unpaired) electrons. The highest BCUT2D eigenvalue weighted by atomic mass is 14.9. The molecule has 0 unspecified atom stereocenters. The number of nitrogens with zero attached hydrogens (tertiary/aromatic N) is 2. The van der Waals surface area contributed by atoms with Gasteiger partial charge in [0.15, 0.2) is 0 Å². The van der Waals surface area contributed by atoms with Crippen molar-refractivity contribution < 1.29 is 0 Å². The monoisotopic (exact) mass is 262 g/mol. The first-order valence-electron chi connectivity index (χ1n) is 6.97. The minimum atomic E-state index is 0.776. The van der Waals surface area contributed by atoms with E-state index in [1.54, 1.807) is 0 Å². The molecule has 2 aromatic rings. The van der Waals surface area contributed by atoms with Crippen LogP contribution in [0.15, 0.2) is 58.5 Å². The van der Waals surface area contributed by atoms with E-state index in [4.69, 9.17) is 9.98 Å². The largest absolute Gasteiger partial charge is 0.281 e. The van der Waals surface area contributed by atoms with Gasteiger partial charge in [-0.2, -0.15) is 0 Å². The molecule has 0 N–H and O–H groups in total. The van der Waals surface area contributed by atoms with Gasteiger partial charge in [0.25, 0.3) is 0 Å². The molecule has 2 heteroatoms. The maximum atomic E-state index is 4.70. The third-order valence-corrected chi connectivity index (χ3v) is 3.51. The molecule has 3 rings (SSSR count). The Labute approximate surface area is 119 Å². The second-order valence-electron chi connectivity index (χ2n) is 5.19. The van der Waals surface area contributed by atoms with Crippen LogP contribution in [-0.2, 0) is 0 Å². The molecule has 0 atom stereocenters. The molecular formula is C18H18N2. The quantitative estimate of drug-likeness (QED) is 0.790. The van der Waals surface area contributed by atoms with Gasteiger partial charge in [0.1, 0.15) is 0 Å². The zero-order chi connectivity index (χ0) is 13.9. The number of aryl methyl sites for hydroxylation is 2. The molecule has 1 aliphatic heterocycles. The van der Waals surface area contributed by atoms with E-state index in [0.717, 1.165) is 35.6 Å². The number of hydrogen-bond donors (Lipinski definition) is 0. The molecule has 0 spiro atoms. The maximum absolute atomic E-state index is 4.70. The van der Waals surface area contributed by atoms with E-state index in [0.29, 0.717) is 0 Å². The fourth-order valence-corrected chi connectivity index (χ4v) is 2.35. The average molecular weight is 262 g/mol. The zero-order valence-corrected chi connectivity index (χ0v) is 11.9. The number of rotatable bonds is 2. The van der Waals surface area contributed by atoms with Gasteiger partial charge in [-0.05, 0) is 13.8 Å². The molecule has 2 nitrogen and oxygen atoms in total. The lowest BCUT2D eigenvalue weighted by atomic mass is 9.97. The Hall–Kier alpha value is -2.22. The van der Waals surface area contributed by atoms with Crippen molar-refractivity contribution in [2.75, 3.05) is 13.1 Å². The summed E-state index contributed by atoms with van der Waals surface area (Å²) in [5, 5.41) is 0. The molecule has 0 saturated heterocycles. The summed E-state index contributed by atoms with van der Waals surface area (Å²) in [4.78, 5) is 9.39. The lowest BCUT2D eigenvalue weighted by Crippen LogP contribution is -2.22. The normalized spacial score (nSPS) is 14.7. The van der Waals surface area contributed by atoms with E-state index >= 15 is 0 Å². The molecule has 0 aromatic heterocycles. The van der Waals surface area contributed by atoms with Crippen molar-refractivity contribution in [3.05, 3.63) is 70.8 Å². The highest BCUT2D eigenvalue weighted by Gasteiger charge is 2.16. The molecule has 0 fully saturated rings. The molecule has 0 bridgehead atoms. The summed E-state index contributed by atoms with van der Waals surface area (Å²) >= 11 is 0. The topological polar surface area (TPSA) is 24.7 Å². The first-order chi connectivity index (χ1) is 9.74. The summed E-state index contributed by atoms with van der Waals surface area (Å²) in [7, 11) is 0. The van der Waals surface area contributed by atoms with Crippen LogP contribution in [0.4, 0.5) is 0 Å². The fourth-order valence-electron chi connectivity index (χ4n) is 2.35. The Morgan fingerprint density at radius 1 is 0.600 bits per heavy atom. The Kier molecular flexibility index (Phi) is 3.46. The fraction of sp³-hybridized carbons (Fsp3) is 0.222. The molecule has 1 heterocycles. The highest BCUT2D eigenvalue weighted by Crippen LogP contribution is 2.14. The van der Waals surface area contributed by atoms with Crippen LogP contribution >= 0.6 is 0 Å². The Morgan fingerprint density at radius 3 is 1.30 bits per heavy atom. The summed E-state index contributed by atoms with van der Waals surface area (Å²) in [5.41, 5.74) is 6.85. The SMILES string of the molecule is Cc1ccc(C2=NCCN=C2c2ccc(C)cc2)cc1. The molecule has 1 aliphatic rings. The molecular weight excluding hydrogens is 244 g/mol. The van der Waals surface area contributed by atoms with Crippen LogP contribution in [0.25, 0.3) is 0 Å². The molecule has 20 heavy (non-hydrogen) atoms. The van der Waals surface area contributed by atoms with Crippen molar-refractivity contribution in [2.45, 2.75) is 13.8 Å². The van der Waals surface area contributed by atoms with Crippen LogP contribution in [0.3, 0.4) is 0 Å². The van der Waals surface area contributed by atoms with Gasteiger partial charge in [-0.25, -0.2) is 0 Å². The first-order valence-corrected chi connectivity index (χ1v) is 6.97. The van der Waals surface area contributed by atoms with Gasteiger partial charge >= 0.3 is 0 Å². The van der Waals surface area contributed by atoms with Crippen LogP contribution in [0.1, 0.15) is 22.3 Å². The van der Waals surface area contributed by atoms with Crippen molar-refractivity contribution in [1.29, 1.82) is 0 Å². The molecule has 0 saturated carbocycles. The van der Waals surface area contributed by atoms with Gasteiger partial charge in [0.2, 0.25) is 0 Å². The summed E-state index contributed by atoms with van der Waals surface area (Å²) in [6.45, 7) is 5.75. The van der Waals surface area contributed by atoms with E-state index < -0.39 is 0 Å². The van der Waals surface area contributed by atoms with E-state index in [1.165, 1.54) is 11.1 Å². The van der Waals surface area contributed by atoms with Gasteiger partial charge in [0.05, 0.1) is 24.5 Å². The molecule has 2 aromatic carbocycles. The zero-order valence-electron chi connectivity index (χ0n) is 11.9. The predicted octanol–water partition coefficient (Wildman–Crippen LogP) is 3.60. The molecule has 0 aliphatic carbocycles. The predicted molar refractivity (Wildman–Crippen MR) is 85.2 cm³/mol. The summed E-state index contributed by atoms with van der Waals surface area (Å²) in [6.07, 6.45) is 0. The van der Waals surface area contributed by atoms with Gasteiger partial charge in [0, 0.05) is 11.1 Å². The lowest BCUT2D eigenvalue weighted by Gasteiger charge is -2.15. The maximum Gasteiger partial charge on any atom is 0.0905 e. The van der Waals surface area contributed by atoms with Crippen LogP contribution in [0.5, 0.6) is 0 Å². The Balaban J connectivity index is 2.01. The van der Waals surface area contributed by atoms with Crippen molar-refractivity contribution >= 4 is 11.4 Å². The molecule has 0 amide bonds. The number of benzene rings is 2. The van der Waals surface area contributed by atoms with E-state index in [-0.39, 0.29) is 0 Å². The van der Waals surface area contributed by atoms with Crippen molar-refractivity contribution in [3.63, 3.8) is 0 Å².